The Morgan fingerprint density at radius 2 is 2.20 bits per heavy atom. The third-order valence-electron chi connectivity index (χ3n) is 0.434. The second-order valence-electron chi connectivity index (χ2n) is 1.14. The van der Waals surface area contributed by atoms with Gasteiger partial charge in [0.1, 0.15) is 6.33 Å². The lowest BCUT2D eigenvalue weighted by molar-refractivity contribution is 0.405. The Morgan fingerprint density at radius 1 is 1.70 bits per heavy atom. The Labute approximate surface area is 56.9 Å². The number of hydrogen-bond acceptors (Lipinski definition) is 4. The van der Waals surface area contributed by atoms with Crippen LogP contribution in [0.15, 0.2) is 6.33 Å². The van der Waals surface area contributed by atoms with Gasteiger partial charge in [0.05, 0.1) is 0 Å². The molecular formula is C2H7N4O3P. The number of nitrogens with one attached hydrogen (secondary N) is 1. The minimum absolute atomic E-state index is 0.287. The minimum Gasteiger partial charge on any atom is -0.367 e. The highest BCUT2D eigenvalue weighted by molar-refractivity contribution is 7.30. The van der Waals surface area contributed by atoms with Crippen molar-refractivity contribution in [2.45, 2.75) is 0 Å². The molecule has 7 nitrogen and oxygen atoms in total. The third-order valence-corrected chi connectivity index (χ3v) is 0.434. The largest absolute Gasteiger partial charge is 0.367 e. The summed E-state index contributed by atoms with van der Waals surface area (Å²) in [5.41, 5.74) is 5.02. The molecule has 0 amide bonds. The number of H-pyrrole nitrogens is 1. The molecule has 10 heavy (non-hydrogen) atoms. The Bertz CT molecular complexity index is 182. The number of nitrogen functional groups attached to an aromatic ring is 1. The predicted octanol–water partition coefficient (Wildman–Crippen LogP) is -1.25. The summed E-state index contributed by atoms with van der Waals surface area (Å²) in [7, 11) is -3.13. The van der Waals surface area contributed by atoms with Crippen LogP contribution < -0.4 is 5.73 Å². The van der Waals surface area contributed by atoms with Crippen molar-refractivity contribution in [1.82, 2.24) is 15.2 Å². The number of aromatic amines is 1. The van der Waals surface area contributed by atoms with E-state index in [0.717, 1.165) is 0 Å². The first kappa shape index (κ1) is 9.09. The maximum Gasteiger partial charge on any atom is 0.314 e. The number of anilines is 1. The van der Waals surface area contributed by atoms with Gasteiger partial charge in [0.25, 0.3) is 0 Å². The summed E-state index contributed by atoms with van der Waals surface area (Å²) in [5.74, 6) is 0.287. The van der Waals surface area contributed by atoms with E-state index in [0.29, 0.717) is 0 Å². The van der Waals surface area contributed by atoms with Gasteiger partial charge in [0.15, 0.2) is 0 Å². The van der Waals surface area contributed by atoms with E-state index in [1.807, 2.05) is 0 Å². The Morgan fingerprint density at radius 3 is 2.30 bits per heavy atom. The molecule has 0 bridgehead atoms. The molecule has 8 heteroatoms. The summed E-state index contributed by atoms with van der Waals surface area (Å²) in [6.07, 6.45) is 1.43. The van der Waals surface area contributed by atoms with Crippen molar-refractivity contribution in [1.29, 1.82) is 0 Å². The highest BCUT2D eigenvalue weighted by atomic mass is 31.1. The molecule has 0 spiro atoms. The van der Waals surface area contributed by atoms with Gasteiger partial charge in [-0.25, -0.2) is 4.98 Å². The molecule has 1 aromatic rings. The fourth-order valence-corrected chi connectivity index (χ4v) is 0.219. The number of hydrogen-bond donors (Lipinski definition) is 4. The SMILES string of the molecule is Nc1nc[nH]n1.O=[PH](O)O. The molecule has 0 fully saturated rings. The molecule has 0 atom stereocenters. The summed E-state index contributed by atoms with van der Waals surface area (Å²) in [4.78, 5) is 17.8. The number of aromatic nitrogens is 3. The van der Waals surface area contributed by atoms with Crippen LogP contribution in [-0.2, 0) is 4.57 Å². The van der Waals surface area contributed by atoms with Crippen molar-refractivity contribution in [2.75, 3.05) is 5.73 Å². The van der Waals surface area contributed by atoms with Gasteiger partial charge in [-0.3, -0.25) is 9.66 Å². The summed E-state index contributed by atoms with van der Waals surface area (Å²) in [6, 6.07) is 0. The number of rotatable bonds is 0. The zero-order valence-electron chi connectivity index (χ0n) is 4.85. The molecule has 1 aromatic heterocycles. The van der Waals surface area contributed by atoms with Crippen LogP contribution in [0.5, 0.6) is 0 Å². The van der Waals surface area contributed by atoms with Crippen LogP contribution in [0.2, 0.25) is 0 Å². The first-order valence-corrected chi connectivity index (χ1v) is 3.46. The molecule has 0 aromatic carbocycles. The van der Waals surface area contributed by atoms with Crippen LogP contribution in [0, 0.1) is 0 Å². The molecule has 1 rings (SSSR count). The van der Waals surface area contributed by atoms with E-state index >= 15 is 0 Å². The topological polar surface area (TPSA) is 125 Å². The Kier molecular flexibility index (Phi) is 4.47. The molecular weight excluding hydrogens is 159 g/mol. The van der Waals surface area contributed by atoms with Crippen LogP contribution in [-0.4, -0.2) is 25.0 Å². The lowest BCUT2D eigenvalue weighted by Crippen LogP contribution is -1.84. The quantitative estimate of drug-likeness (QED) is 0.357. The second kappa shape index (κ2) is 4.92. The summed E-state index contributed by atoms with van der Waals surface area (Å²) in [6.45, 7) is 0. The average Bonchev–Trinajstić information content (AvgIpc) is 2.15. The molecule has 0 unspecified atom stereocenters. The molecule has 0 saturated carbocycles. The van der Waals surface area contributed by atoms with Crippen LogP contribution in [0.25, 0.3) is 0 Å². The van der Waals surface area contributed by atoms with Crippen molar-refractivity contribution in [3.05, 3.63) is 6.33 Å². The number of nitrogens with zero attached hydrogens (tertiary/aromatic N) is 2. The average molecular weight is 166 g/mol. The van der Waals surface area contributed by atoms with Gasteiger partial charge in [0.2, 0.25) is 5.95 Å². The molecule has 0 aliphatic heterocycles. The zero-order valence-corrected chi connectivity index (χ0v) is 5.85. The lowest BCUT2D eigenvalue weighted by atomic mass is 11.1. The smallest absolute Gasteiger partial charge is 0.314 e. The zero-order chi connectivity index (χ0) is 7.98. The molecule has 58 valence electrons. The minimum atomic E-state index is -3.13. The van der Waals surface area contributed by atoms with Gasteiger partial charge in [-0.1, -0.05) is 0 Å². The van der Waals surface area contributed by atoms with Crippen molar-refractivity contribution < 1.29 is 14.4 Å². The fourth-order valence-electron chi connectivity index (χ4n) is 0.219. The third kappa shape index (κ3) is 7.09. The first-order valence-electron chi connectivity index (χ1n) is 2.16. The van der Waals surface area contributed by atoms with E-state index in [9.17, 15) is 0 Å². The molecule has 0 radical (unpaired) electrons. The van der Waals surface area contributed by atoms with E-state index in [2.05, 4.69) is 15.2 Å². The van der Waals surface area contributed by atoms with Gasteiger partial charge in [-0.05, 0) is 0 Å². The van der Waals surface area contributed by atoms with Gasteiger partial charge >= 0.3 is 8.25 Å². The van der Waals surface area contributed by atoms with E-state index in [-0.39, 0.29) is 5.95 Å². The van der Waals surface area contributed by atoms with Gasteiger partial charge < -0.3 is 15.5 Å². The van der Waals surface area contributed by atoms with E-state index < -0.39 is 8.25 Å². The van der Waals surface area contributed by atoms with E-state index in [1.54, 1.807) is 0 Å². The van der Waals surface area contributed by atoms with Gasteiger partial charge in [-0.2, -0.15) is 0 Å². The van der Waals surface area contributed by atoms with Crippen molar-refractivity contribution in [3.8, 4) is 0 Å². The molecule has 0 saturated heterocycles. The standard InChI is InChI=1S/C2H4N4.H3O3P/c3-2-4-1-5-6-2;1-4(2)3/h1H,(H3,3,4,5,6);4H,(H2,1,2,3). The molecule has 1 heterocycles. The second-order valence-corrected chi connectivity index (χ2v) is 1.71. The normalized spacial score (nSPS) is 8.70. The maximum absolute atomic E-state index is 8.74. The van der Waals surface area contributed by atoms with E-state index in [4.69, 9.17) is 20.1 Å². The van der Waals surface area contributed by atoms with Gasteiger partial charge in [-0.15, -0.1) is 5.10 Å². The van der Waals surface area contributed by atoms with Crippen molar-refractivity contribution in [3.63, 3.8) is 0 Å². The summed E-state index contributed by atoms with van der Waals surface area (Å²) >= 11 is 0. The molecule has 5 N–H and O–H groups in total. The lowest BCUT2D eigenvalue weighted by Gasteiger charge is -1.65. The predicted molar refractivity (Wildman–Crippen MR) is 34.2 cm³/mol. The first-order chi connectivity index (χ1) is 4.63. The van der Waals surface area contributed by atoms with Crippen LogP contribution in [0.4, 0.5) is 5.95 Å². The van der Waals surface area contributed by atoms with Crippen molar-refractivity contribution >= 4 is 14.2 Å². The monoisotopic (exact) mass is 166 g/mol. The summed E-state index contributed by atoms with van der Waals surface area (Å²) in [5, 5.41) is 5.90. The van der Waals surface area contributed by atoms with Crippen LogP contribution in [0.1, 0.15) is 0 Å². The number of nitrogens with two attached hydrogens (primary N) is 1. The summed E-state index contributed by atoms with van der Waals surface area (Å²) < 4.78 is 8.74. The van der Waals surface area contributed by atoms with Crippen LogP contribution >= 0.6 is 8.25 Å². The highest BCUT2D eigenvalue weighted by Crippen LogP contribution is 1.98. The Hall–Kier alpha value is -0.910. The Balaban J connectivity index is 0.000000180. The maximum atomic E-state index is 8.74. The molecule has 0 aliphatic carbocycles. The van der Waals surface area contributed by atoms with Crippen molar-refractivity contribution in [2.24, 2.45) is 0 Å². The fraction of sp³-hybridized carbons (Fsp3) is 0. The van der Waals surface area contributed by atoms with E-state index in [1.165, 1.54) is 6.33 Å². The van der Waals surface area contributed by atoms with Crippen LogP contribution in [0.3, 0.4) is 0 Å². The molecule has 0 aliphatic rings. The highest BCUT2D eigenvalue weighted by Gasteiger charge is 1.76. The van der Waals surface area contributed by atoms with Gasteiger partial charge in [0, 0.05) is 0 Å².